The molecule has 0 aliphatic heterocycles. The fraction of sp³-hybridized carbons (Fsp3) is 0.333. The first-order valence-electron chi connectivity index (χ1n) is 8.01. The van der Waals surface area contributed by atoms with Gasteiger partial charge in [-0.2, -0.15) is 0 Å². The Morgan fingerprint density at radius 1 is 1.05 bits per heavy atom. The molecule has 21 heavy (non-hydrogen) atoms. The molecule has 0 heteroatoms. The van der Waals surface area contributed by atoms with Crippen LogP contribution in [0.1, 0.15) is 52.0 Å². The molecule has 0 amide bonds. The van der Waals surface area contributed by atoms with Crippen molar-refractivity contribution in [1.29, 1.82) is 0 Å². The van der Waals surface area contributed by atoms with Gasteiger partial charge in [-0.15, -0.1) is 0 Å². The smallest absolute Gasteiger partial charge is 0.0120 e. The third kappa shape index (κ3) is 5.23. The topological polar surface area (TPSA) is 0 Å². The van der Waals surface area contributed by atoms with Crippen LogP contribution < -0.4 is 0 Å². The second-order valence-electron chi connectivity index (χ2n) is 5.20. The van der Waals surface area contributed by atoms with Crippen LogP contribution in [0.4, 0.5) is 0 Å². The van der Waals surface area contributed by atoms with Crippen LogP contribution in [0.25, 0.3) is 5.57 Å². The summed E-state index contributed by atoms with van der Waals surface area (Å²) in [5.41, 5.74) is 5.43. The number of benzene rings is 1. The summed E-state index contributed by atoms with van der Waals surface area (Å²) in [5.74, 6) is 0. The number of hydrogen-bond donors (Lipinski definition) is 0. The van der Waals surface area contributed by atoms with Gasteiger partial charge in [0.15, 0.2) is 0 Å². The van der Waals surface area contributed by atoms with Gasteiger partial charge in [-0.05, 0) is 36.5 Å². The summed E-state index contributed by atoms with van der Waals surface area (Å²) in [6.45, 7) is 10.6. The fourth-order valence-electron chi connectivity index (χ4n) is 2.61. The molecule has 0 heterocycles. The lowest BCUT2D eigenvalue weighted by molar-refractivity contribution is 0.806. The molecule has 1 rings (SSSR count). The highest BCUT2D eigenvalue weighted by Crippen LogP contribution is 2.32. The van der Waals surface area contributed by atoms with Crippen molar-refractivity contribution in [1.82, 2.24) is 0 Å². The van der Waals surface area contributed by atoms with Gasteiger partial charge in [-0.1, -0.05) is 93.5 Å². The number of hydrogen-bond acceptors (Lipinski definition) is 0. The van der Waals surface area contributed by atoms with Crippen molar-refractivity contribution in [2.75, 3.05) is 0 Å². The standard InChI is InChI=1S/C21H28/c1-5-9-15-18(8-4)21(19(13-6-2)14-7-3)20-16-11-10-12-17-20/h5,8-12,15-17H,4,6-7,13-14H2,1-3H3/b9-5-,18-15+. The van der Waals surface area contributed by atoms with E-state index >= 15 is 0 Å². The molecule has 0 fully saturated rings. The van der Waals surface area contributed by atoms with E-state index in [0.29, 0.717) is 0 Å². The zero-order valence-corrected chi connectivity index (χ0v) is 13.7. The molecule has 0 atom stereocenters. The Morgan fingerprint density at radius 2 is 1.67 bits per heavy atom. The lowest BCUT2D eigenvalue weighted by atomic mass is 9.88. The van der Waals surface area contributed by atoms with Gasteiger partial charge in [-0.3, -0.25) is 0 Å². The summed E-state index contributed by atoms with van der Waals surface area (Å²) in [6, 6.07) is 10.7. The van der Waals surface area contributed by atoms with Crippen LogP contribution in [-0.2, 0) is 0 Å². The number of allylic oxidation sites excluding steroid dienone is 7. The average Bonchev–Trinajstić information content (AvgIpc) is 2.52. The predicted molar refractivity (Wildman–Crippen MR) is 96.3 cm³/mol. The van der Waals surface area contributed by atoms with E-state index < -0.39 is 0 Å². The van der Waals surface area contributed by atoms with Crippen molar-refractivity contribution in [3.05, 3.63) is 77.9 Å². The molecule has 0 aliphatic carbocycles. The first-order valence-corrected chi connectivity index (χ1v) is 8.01. The summed E-state index contributed by atoms with van der Waals surface area (Å²) in [5, 5.41) is 0. The predicted octanol–water partition coefficient (Wildman–Crippen LogP) is 6.73. The largest absolute Gasteiger partial charge is 0.0984 e. The maximum Gasteiger partial charge on any atom is -0.0120 e. The van der Waals surface area contributed by atoms with Gasteiger partial charge >= 0.3 is 0 Å². The Morgan fingerprint density at radius 3 is 2.14 bits per heavy atom. The molecule has 0 spiro atoms. The van der Waals surface area contributed by atoms with Crippen LogP contribution in [-0.4, -0.2) is 0 Å². The van der Waals surface area contributed by atoms with Crippen molar-refractivity contribution < 1.29 is 0 Å². The van der Waals surface area contributed by atoms with Gasteiger partial charge in [0, 0.05) is 0 Å². The van der Waals surface area contributed by atoms with Crippen LogP contribution in [0.3, 0.4) is 0 Å². The minimum Gasteiger partial charge on any atom is -0.0984 e. The summed E-state index contributed by atoms with van der Waals surface area (Å²) in [4.78, 5) is 0. The molecule has 0 aliphatic rings. The summed E-state index contributed by atoms with van der Waals surface area (Å²) >= 11 is 0. The van der Waals surface area contributed by atoms with Gasteiger partial charge in [0.05, 0.1) is 0 Å². The normalized spacial score (nSPS) is 11.7. The van der Waals surface area contributed by atoms with Crippen molar-refractivity contribution in [3.63, 3.8) is 0 Å². The molecule has 0 nitrogen and oxygen atoms in total. The van der Waals surface area contributed by atoms with Crippen LogP contribution in [0, 0.1) is 0 Å². The van der Waals surface area contributed by atoms with E-state index in [1.165, 1.54) is 29.6 Å². The highest BCUT2D eigenvalue weighted by Gasteiger charge is 2.11. The lowest BCUT2D eigenvalue weighted by Gasteiger charge is -2.16. The zero-order chi connectivity index (χ0) is 15.5. The van der Waals surface area contributed by atoms with Crippen molar-refractivity contribution in [2.24, 2.45) is 0 Å². The van der Waals surface area contributed by atoms with Crippen molar-refractivity contribution in [2.45, 2.75) is 46.5 Å². The molecular formula is C21H28. The molecule has 0 saturated heterocycles. The van der Waals surface area contributed by atoms with E-state index in [-0.39, 0.29) is 0 Å². The van der Waals surface area contributed by atoms with Gasteiger partial charge in [0.1, 0.15) is 0 Å². The van der Waals surface area contributed by atoms with Gasteiger partial charge in [-0.25, -0.2) is 0 Å². The maximum atomic E-state index is 4.03. The molecular weight excluding hydrogens is 252 g/mol. The highest BCUT2D eigenvalue weighted by molar-refractivity contribution is 5.84. The van der Waals surface area contributed by atoms with E-state index in [4.69, 9.17) is 0 Å². The fourth-order valence-corrected chi connectivity index (χ4v) is 2.61. The van der Waals surface area contributed by atoms with E-state index in [9.17, 15) is 0 Å². The minimum absolute atomic E-state index is 1.15. The monoisotopic (exact) mass is 280 g/mol. The van der Waals surface area contributed by atoms with Gasteiger partial charge < -0.3 is 0 Å². The molecule has 0 aromatic heterocycles. The Balaban J connectivity index is 3.47. The molecule has 0 radical (unpaired) electrons. The van der Waals surface area contributed by atoms with E-state index in [1.54, 1.807) is 5.57 Å². The first kappa shape index (κ1) is 17.2. The summed E-state index contributed by atoms with van der Waals surface area (Å²) in [7, 11) is 0. The molecule has 1 aromatic carbocycles. The van der Waals surface area contributed by atoms with Crippen LogP contribution in [0.15, 0.2) is 72.4 Å². The third-order valence-corrected chi connectivity index (χ3v) is 3.50. The minimum atomic E-state index is 1.15. The van der Waals surface area contributed by atoms with Gasteiger partial charge in [0.2, 0.25) is 0 Å². The summed E-state index contributed by atoms with van der Waals surface area (Å²) in [6.07, 6.45) is 13.0. The van der Waals surface area contributed by atoms with Crippen molar-refractivity contribution >= 4 is 5.57 Å². The van der Waals surface area contributed by atoms with E-state index in [1.807, 2.05) is 13.0 Å². The van der Waals surface area contributed by atoms with Crippen LogP contribution >= 0.6 is 0 Å². The Kier molecular flexibility index (Phi) is 8.19. The Hall–Kier alpha value is -1.82. The zero-order valence-electron chi connectivity index (χ0n) is 13.7. The number of rotatable bonds is 8. The SMILES string of the molecule is C=C/C(=C\C=C/C)C(=C(CCC)CCC)c1ccccc1. The van der Waals surface area contributed by atoms with Gasteiger partial charge in [0.25, 0.3) is 0 Å². The van der Waals surface area contributed by atoms with E-state index in [2.05, 4.69) is 69.0 Å². The Labute approximate surface area is 130 Å². The third-order valence-electron chi connectivity index (χ3n) is 3.50. The average molecular weight is 280 g/mol. The highest BCUT2D eigenvalue weighted by atomic mass is 14.2. The van der Waals surface area contributed by atoms with Crippen LogP contribution in [0.5, 0.6) is 0 Å². The Bertz CT molecular complexity index is 504. The second-order valence-corrected chi connectivity index (χ2v) is 5.20. The van der Waals surface area contributed by atoms with Crippen LogP contribution in [0.2, 0.25) is 0 Å². The van der Waals surface area contributed by atoms with E-state index in [0.717, 1.165) is 12.8 Å². The van der Waals surface area contributed by atoms with Crippen molar-refractivity contribution in [3.8, 4) is 0 Å². The molecule has 112 valence electrons. The molecule has 0 bridgehead atoms. The quantitative estimate of drug-likeness (QED) is 0.463. The molecule has 1 aromatic rings. The maximum absolute atomic E-state index is 4.03. The second kappa shape index (κ2) is 9.99. The first-order chi connectivity index (χ1) is 10.3. The summed E-state index contributed by atoms with van der Waals surface area (Å²) < 4.78 is 0. The molecule has 0 unspecified atom stereocenters. The molecule has 0 N–H and O–H groups in total. The lowest BCUT2D eigenvalue weighted by Crippen LogP contribution is -1.96. The molecule has 0 saturated carbocycles.